The zero-order chi connectivity index (χ0) is 14.4. The van der Waals surface area contributed by atoms with Crippen molar-refractivity contribution >= 4 is 5.91 Å². The monoisotopic (exact) mass is 258 g/mol. The van der Waals surface area contributed by atoms with Gasteiger partial charge in [0.2, 0.25) is 0 Å². The van der Waals surface area contributed by atoms with Crippen molar-refractivity contribution in [2.24, 2.45) is 11.7 Å². The maximum absolute atomic E-state index is 12.2. The quantitative estimate of drug-likeness (QED) is 0.816. The molecule has 1 aromatic carbocycles. The normalized spacial score (nSPS) is 11.7. The van der Waals surface area contributed by atoms with Crippen LogP contribution < -0.4 is 11.1 Å². The highest BCUT2D eigenvalue weighted by atomic mass is 16.1. The van der Waals surface area contributed by atoms with Crippen molar-refractivity contribution in [2.45, 2.75) is 33.7 Å². The van der Waals surface area contributed by atoms with Gasteiger partial charge in [0.25, 0.3) is 5.91 Å². The minimum absolute atomic E-state index is 0.0549. The summed E-state index contributed by atoms with van der Waals surface area (Å²) < 4.78 is 0. The third-order valence-corrected chi connectivity index (χ3v) is 3.03. The molecule has 1 rings (SSSR count). The summed E-state index contributed by atoms with van der Waals surface area (Å²) in [4.78, 5) is 12.2. The average Bonchev–Trinajstić information content (AvgIpc) is 2.35. The molecule has 3 nitrogen and oxygen atoms in total. The van der Waals surface area contributed by atoms with E-state index in [1.807, 2.05) is 26.0 Å². The first kappa shape index (κ1) is 15.3. The van der Waals surface area contributed by atoms with Crippen LogP contribution >= 0.6 is 0 Å². The predicted molar refractivity (Wildman–Crippen MR) is 78.9 cm³/mol. The first-order valence-corrected chi connectivity index (χ1v) is 6.55. The van der Waals surface area contributed by atoms with E-state index in [-0.39, 0.29) is 11.9 Å². The standard InChI is InChI=1S/C16H22N2O/c1-11(2)13(4)18-16(19)15-9-12(3)8-14(10-15)6-5-7-17/h8-11,13H,7,17H2,1-4H3,(H,18,19). The van der Waals surface area contributed by atoms with Crippen LogP contribution in [0.2, 0.25) is 0 Å². The van der Waals surface area contributed by atoms with Gasteiger partial charge in [-0.15, -0.1) is 0 Å². The molecule has 102 valence electrons. The third kappa shape index (κ3) is 4.76. The summed E-state index contributed by atoms with van der Waals surface area (Å²) in [5, 5.41) is 2.99. The van der Waals surface area contributed by atoms with E-state index in [0.717, 1.165) is 11.1 Å². The van der Waals surface area contributed by atoms with Gasteiger partial charge in [0.05, 0.1) is 6.54 Å². The van der Waals surface area contributed by atoms with Crippen LogP contribution in [0.1, 0.15) is 42.3 Å². The zero-order valence-corrected chi connectivity index (χ0v) is 12.1. The first-order valence-electron chi connectivity index (χ1n) is 6.55. The minimum Gasteiger partial charge on any atom is -0.349 e. The lowest BCUT2D eigenvalue weighted by molar-refractivity contribution is 0.0930. The fourth-order valence-corrected chi connectivity index (χ4v) is 1.60. The van der Waals surface area contributed by atoms with Gasteiger partial charge in [-0.3, -0.25) is 4.79 Å². The van der Waals surface area contributed by atoms with Gasteiger partial charge in [-0.05, 0) is 43.5 Å². The van der Waals surface area contributed by atoms with Crippen LogP contribution in [0, 0.1) is 24.7 Å². The highest BCUT2D eigenvalue weighted by Crippen LogP contribution is 2.10. The Morgan fingerprint density at radius 1 is 1.32 bits per heavy atom. The van der Waals surface area contributed by atoms with Crippen LogP contribution in [-0.2, 0) is 0 Å². The summed E-state index contributed by atoms with van der Waals surface area (Å²) in [5.74, 6) is 6.12. The fraction of sp³-hybridized carbons (Fsp3) is 0.438. The van der Waals surface area contributed by atoms with Crippen LogP contribution in [0.5, 0.6) is 0 Å². The first-order chi connectivity index (χ1) is 8.93. The Balaban J connectivity index is 2.94. The van der Waals surface area contributed by atoms with Gasteiger partial charge >= 0.3 is 0 Å². The molecular formula is C16H22N2O. The zero-order valence-electron chi connectivity index (χ0n) is 12.1. The van der Waals surface area contributed by atoms with Gasteiger partial charge in [0.1, 0.15) is 0 Å². The number of carbonyl (C=O) groups is 1. The lowest BCUT2D eigenvalue weighted by Gasteiger charge is -2.17. The van der Waals surface area contributed by atoms with Crippen LogP contribution in [0.25, 0.3) is 0 Å². The Morgan fingerprint density at radius 2 is 2.00 bits per heavy atom. The second-order valence-electron chi connectivity index (χ2n) is 5.10. The molecule has 1 atom stereocenters. The molecule has 1 amide bonds. The minimum atomic E-state index is -0.0549. The topological polar surface area (TPSA) is 55.1 Å². The van der Waals surface area contributed by atoms with Gasteiger partial charge in [-0.1, -0.05) is 25.7 Å². The van der Waals surface area contributed by atoms with Crippen molar-refractivity contribution in [3.63, 3.8) is 0 Å². The van der Waals surface area contributed by atoms with Gasteiger partial charge in [-0.2, -0.15) is 0 Å². The molecule has 0 spiro atoms. The number of rotatable bonds is 3. The average molecular weight is 258 g/mol. The highest BCUT2D eigenvalue weighted by molar-refractivity contribution is 5.95. The van der Waals surface area contributed by atoms with Gasteiger partial charge < -0.3 is 11.1 Å². The van der Waals surface area contributed by atoms with Gasteiger partial charge in [-0.25, -0.2) is 0 Å². The molecule has 1 aromatic rings. The van der Waals surface area contributed by atoms with Crippen molar-refractivity contribution in [1.82, 2.24) is 5.32 Å². The molecule has 0 heterocycles. The van der Waals surface area contributed by atoms with E-state index in [1.54, 1.807) is 6.07 Å². The molecule has 0 aliphatic carbocycles. The van der Waals surface area contributed by atoms with Crippen molar-refractivity contribution in [3.05, 3.63) is 34.9 Å². The molecule has 0 saturated heterocycles. The molecule has 0 saturated carbocycles. The number of nitrogens with two attached hydrogens (primary N) is 1. The van der Waals surface area contributed by atoms with E-state index in [9.17, 15) is 4.79 Å². The molecule has 0 bridgehead atoms. The second kappa shape index (κ2) is 6.96. The molecule has 1 unspecified atom stereocenters. The van der Waals surface area contributed by atoms with Crippen LogP contribution in [0.3, 0.4) is 0 Å². The number of aryl methyl sites for hydroxylation is 1. The SMILES string of the molecule is Cc1cc(C#CCN)cc(C(=O)NC(C)C(C)C)c1. The largest absolute Gasteiger partial charge is 0.349 e. The second-order valence-corrected chi connectivity index (χ2v) is 5.10. The summed E-state index contributed by atoms with van der Waals surface area (Å²) in [6.45, 7) is 8.45. The predicted octanol–water partition coefficient (Wildman–Crippen LogP) is 2.08. The van der Waals surface area contributed by atoms with Crippen molar-refractivity contribution in [2.75, 3.05) is 6.54 Å². The Morgan fingerprint density at radius 3 is 2.58 bits per heavy atom. The van der Waals surface area contributed by atoms with E-state index in [2.05, 4.69) is 31.0 Å². The molecule has 3 heteroatoms. The summed E-state index contributed by atoms with van der Waals surface area (Å²) >= 11 is 0. The smallest absolute Gasteiger partial charge is 0.251 e. The fourth-order valence-electron chi connectivity index (χ4n) is 1.60. The molecule has 0 fully saturated rings. The van der Waals surface area contributed by atoms with Crippen molar-refractivity contribution in [1.29, 1.82) is 0 Å². The summed E-state index contributed by atoms with van der Waals surface area (Å²) in [7, 11) is 0. The van der Waals surface area contributed by atoms with Crippen molar-refractivity contribution in [3.8, 4) is 11.8 Å². The molecular weight excluding hydrogens is 236 g/mol. The molecule has 0 radical (unpaired) electrons. The summed E-state index contributed by atoms with van der Waals surface area (Å²) in [5.41, 5.74) is 7.85. The molecule has 3 N–H and O–H groups in total. The Bertz CT molecular complexity index is 509. The number of nitrogens with one attached hydrogen (secondary N) is 1. The highest BCUT2D eigenvalue weighted by Gasteiger charge is 2.13. The van der Waals surface area contributed by atoms with E-state index in [0.29, 0.717) is 18.0 Å². The molecule has 0 aliphatic heterocycles. The maximum atomic E-state index is 12.2. The lowest BCUT2D eigenvalue weighted by atomic mass is 10.0. The maximum Gasteiger partial charge on any atom is 0.251 e. The number of amides is 1. The summed E-state index contributed by atoms with van der Waals surface area (Å²) in [6, 6.07) is 5.77. The Hall–Kier alpha value is -1.79. The number of hydrogen-bond acceptors (Lipinski definition) is 2. The number of benzene rings is 1. The van der Waals surface area contributed by atoms with E-state index < -0.39 is 0 Å². The van der Waals surface area contributed by atoms with E-state index in [4.69, 9.17) is 5.73 Å². The Labute approximate surface area is 115 Å². The number of carbonyl (C=O) groups excluding carboxylic acids is 1. The number of hydrogen-bond donors (Lipinski definition) is 2. The van der Waals surface area contributed by atoms with Crippen molar-refractivity contribution < 1.29 is 4.79 Å². The lowest BCUT2D eigenvalue weighted by Crippen LogP contribution is -2.36. The molecule has 19 heavy (non-hydrogen) atoms. The van der Waals surface area contributed by atoms with E-state index >= 15 is 0 Å². The Kier molecular flexibility index (Phi) is 5.59. The molecule has 0 aromatic heterocycles. The summed E-state index contributed by atoms with van der Waals surface area (Å²) in [6.07, 6.45) is 0. The van der Waals surface area contributed by atoms with Crippen LogP contribution in [0.15, 0.2) is 18.2 Å². The van der Waals surface area contributed by atoms with Crippen LogP contribution in [-0.4, -0.2) is 18.5 Å². The van der Waals surface area contributed by atoms with Gasteiger partial charge in [0, 0.05) is 17.2 Å². The van der Waals surface area contributed by atoms with Crippen LogP contribution in [0.4, 0.5) is 0 Å². The third-order valence-electron chi connectivity index (χ3n) is 3.03. The molecule has 0 aliphatic rings. The van der Waals surface area contributed by atoms with E-state index in [1.165, 1.54) is 0 Å². The van der Waals surface area contributed by atoms with Gasteiger partial charge in [0.15, 0.2) is 0 Å².